The molecule has 3 rings (SSSR count). The van der Waals surface area contributed by atoms with Gasteiger partial charge < -0.3 is 14.6 Å². The first-order chi connectivity index (χ1) is 16.0. The molecule has 1 N–H and O–H groups in total. The lowest BCUT2D eigenvalue weighted by atomic mass is 10.1. The fourth-order valence-electron chi connectivity index (χ4n) is 3.16. The molecule has 0 bridgehead atoms. The molecule has 7 nitrogen and oxygen atoms in total. The third kappa shape index (κ3) is 5.55. The van der Waals surface area contributed by atoms with E-state index in [1.165, 1.54) is 18.5 Å². The van der Waals surface area contributed by atoms with Gasteiger partial charge in [-0.1, -0.05) is 18.5 Å². The van der Waals surface area contributed by atoms with Crippen LogP contribution in [0.1, 0.15) is 13.3 Å². The van der Waals surface area contributed by atoms with Gasteiger partial charge in [0.05, 0.1) is 23.8 Å². The molecule has 13 heteroatoms. The molecule has 0 aliphatic rings. The van der Waals surface area contributed by atoms with Gasteiger partial charge >= 0.3 is 6.18 Å². The second-order valence-corrected chi connectivity index (χ2v) is 7.81. The van der Waals surface area contributed by atoms with E-state index >= 15 is 8.78 Å². The normalized spacial score (nSPS) is 12.7. The fraction of sp³-hybridized carbons (Fsp3) is 0.381. The summed E-state index contributed by atoms with van der Waals surface area (Å²) in [4.78, 5) is 17.0. The fourth-order valence-corrected chi connectivity index (χ4v) is 3.44. The molecule has 1 unspecified atom stereocenters. The zero-order chi connectivity index (χ0) is 25.0. The molecule has 0 radical (unpaired) electrons. The van der Waals surface area contributed by atoms with Crippen molar-refractivity contribution in [1.82, 2.24) is 24.6 Å². The average molecular weight is 506 g/mol. The minimum Gasteiger partial charge on any atom is -0.493 e. The molecular formula is C21H21ClF5N5O2. The highest BCUT2D eigenvalue weighted by Gasteiger charge is 2.37. The van der Waals surface area contributed by atoms with Crippen molar-refractivity contribution in [3.63, 3.8) is 0 Å². The second-order valence-electron chi connectivity index (χ2n) is 7.45. The summed E-state index contributed by atoms with van der Waals surface area (Å²) >= 11 is 6.19. The monoisotopic (exact) mass is 505 g/mol. The first-order valence-corrected chi connectivity index (χ1v) is 10.6. The van der Waals surface area contributed by atoms with Gasteiger partial charge in [-0.3, -0.25) is 4.79 Å². The maximum atomic E-state index is 15.0. The molecule has 184 valence electrons. The van der Waals surface area contributed by atoms with Crippen LogP contribution in [0.15, 0.2) is 35.4 Å². The van der Waals surface area contributed by atoms with E-state index in [0.717, 1.165) is 23.7 Å². The van der Waals surface area contributed by atoms with E-state index < -0.39 is 58.1 Å². The summed E-state index contributed by atoms with van der Waals surface area (Å²) in [6, 6.07) is 3.20. The Morgan fingerprint density at radius 3 is 2.47 bits per heavy atom. The van der Waals surface area contributed by atoms with Crippen LogP contribution in [0.4, 0.5) is 22.0 Å². The second kappa shape index (κ2) is 10.5. The van der Waals surface area contributed by atoms with Crippen LogP contribution in [0.3, 0.4) is 0 Å². The number of rotatable bonds is 9. The zero-order valence-electron chi connectivity index (χ0n) is 18.2. The molecule has 2 heterocycles. The third-order valence-corrected chi connectivity index (χ3v) is 5.20. The van der Waals surface area contributed by atoms with Crippen molar-refractivity contribution in [2.75, 3.05) is 20.2 Å². The maximum Gasteiger partial charge on any atom is 0.393 e. The van der Waals surface area contributed by atoms with Crippen LogP contribution in [0.5, 0.6) is 5.75 Å². The SMILES string of the molecule is CNCCCOc1cc(F)c(-c2c(Cl)nc(-n3cccn3)c(=O)n2CC(C)C(F)(F)F)c(F)c1. The first kappa shape index (κ1) is 25.6. The Morgan fingerprint density at radius 1 is 1.24 bits per heavy atom. The van der Waals surface area contributed by atoms with Gasteiger partial charge in [0, 0.05) is 31.1 Å². The van der Waals surface area contributed by atoms with Crippen molar-refractivity contribution in [1.29, 1.82) is 0 Å². The Labute approximate surface area is 196 Å². The van der Waals surface area contributed by atoms with Gasteiger partial charge in [0.1, 0.15) is 17.4 Å². The van der Waals surface area contributed by atoms with Crippen molar-refractivity contribution in [3.8, 4) is 22.8 Å². The van der Waals surface area contributed by atoms with Crippen molar-refractivity contribution in [3.05, 3.63) is 57.7 Å². The van der Waals surface area contributed by atoms with E-state index in [0.29, 0.717) is 17.5 Å². The number of hydrogen-bond acceptors (Lipinski definition) is 5. The molecule has 3 aromatic rings. The van der Waals surface area contributed by atoms with Gasteiger partial charge in [0.25, 0.3) is 5.56 Å². The predicted octanol–water partition coefficient (Wildman–Crippen LogP) is 4.21. The van der Waals surface area contributed by atoms with Crippen molar-refractivity contribution in [2.45, 2.75) is 26.1 Å². The molecule has 1 atom stereocenters. The van der Waals surface area contributed by atoms with Crippen molar-refractivity contribution >= 4 is 11.6 Å². The number of hydrogen-bond donors (Lipinski definition) is 1. The van der Waals surface area contributed by atoms with Crippen LogP contribution in [-0.2, 0) is 6.54 Å². The van der Waals surface area contributed by atoms with Crippen LogP contribution in [0, 0.1) is 17.6 Å². The lowest BCUT2D eigenvalue weighted by molar-refractivity contribution is -0.172. The summed E-state index contributed by atoms with van der Waals surface area (Å²) in [5.41, 5.74) is -2.46. The van der Waals surface area contributed by atoms with Crippen LogP contribution >= 0.6 is 11.6 Å². The molecule has 2 aromatic heterocycles. The highest BCUT2D eigenvalue weighted by Crippen LogP contribution is 2.35. The predicted molar refractivity (Wildman–Crippen MR) is 115 cm³/mol. The quantitative estimate of drug-likeness (QED) is 0.348. The number of alkyl halides is 3. The first-order valence-electron chi connectivity index (χ1n) is 10.2. The molecule has 0 spiro atoms. The van der Waals surface area contributed by atoms with Gasteiger partial charge in [0.15, 0.2) is 5.15 Å². The number of ether oxygens (including phenoxy) is 1. The van der Waals surface area contributed by atoms with Gasteiger partial charge in [-0.25, -0.2) is 18.4 Å². The lowest BCUT2D eigenvalue weighted by Crippen LogP contribution is -2.34. The molecule has 1 aromatic carbocycles. The zero-order valence-corrected chi connectivity index (χ0v) is 18.9. The smallest absolute Gasteiger partial charge is 0.393 e. The molecule has 0 saturated carbocycles. The minimum absolute atomic E-state index is 0.121. The largest absolute Gasteiger partial charge is 0.493 e. The molecule has 34 heavy (non-hydrogen) atoms. The van der Waals surface area contributed by atoms with Crippen LogP contribution in [0.2, 0.25) is 5.15 Å². The standard InChI is InChI=1S/C21H21ClF5N5O2/c1-12(21(25,26)27)11-31-17(18(22)30-19(20(31)33)32-7-3-6-29-32)16-14(23)9-13(10-15(16)24)34-8-4-5-28-2/h3,6-7,9-10,12,28H,4-5,8,11H2,1-2H3. The van der Waals surface area contributed by atoms with Gasteiger partial charge in [-0.15, -0.1) is 0 Å². The van der Waals surface area contributed by atoms with E-state index in [1.54, 1.807) is 7.05 Å². The Kier molecular flexibility index (Phi) is 7.93. The Balaban J connectivity index is 2.15. The third-order valence-electron chi connectivity index (χ3n) is 4.93. The summed E-state index contributed by atoms with van der Waals surface area (Å²) in [6.07, 6.45) is -1.46. The Hall–Kier alpha value is -2.99. The van der Waals surface area contributed by atoms with E-state index in [1.807, 2.05) is 0 Å². The van der Waals surface area contributed by atoms with Crippen molar-refractivity contribution in [2.24, 2.45) is 5.92 Å². The highest BCUT2D eigenvalue weighted by molar-refractivity contribution is 6.31. The van der Waals surface area contributed by atoms with Crippen LogP contribution in [-0.4, -0.2) is 45.7 Å². The molecule has 0 fully saturated rings. The van der Waals surface area contributed by atoms with E-state index in [9.17, 15) is 18.0 Å². The molecule has 0 saturated heterocycles. The maximum absolute atomic E-state index is 15.0. The number of halogens is 6. The van der Waals surface area contributed by atoms with Crippen molar-refractivity contribution < 1.29 is 26.7 Å². The van der Waals surface area contributed by atoms with Gasteiger partial charge in [0.2, 0.25) is 5.82 Å². The summed E-state index contributed by atoms with van der Waals surface area (Å²) in [5, 5.41) is 6.17. The Bertz CT molecular complexity index is 1170. The van der Waals surface area contributed by atoms with E-state index in [4.69, 9.17) is 16.3 Å². The number of nitrogens with one attached hydrogen (secondary N) is 1. The number of benzene rings is 1. The lowest BCUT2D eigenvalue weighted by Gasteiger charge is -2.21. The summed E-state index contributed by atoms with van der Waals surface area (Å²) in [5.74, 6) is -4.92. The van der Waals surface area contributed by atoms with E-state index in [-0.39, 0.29) is 12.4 Å². The average Bonchev–Trinajstić information content (AvgIpc) is 3.29. The summed E-state index contributed by atoms with van der Waals surface area (Å²) in [6.45, 7) is 0.687. The van der Waals surface area contributed by atoms with Gasteiger partial charge in [-0.05, 0) is 26.1 Å². The number of nitrogens with zero attached hydrogens (tertiary/aromatic N) is 4. The van der Waals surface area contributed by atoms with Crippen LogP contribution < -0.4 is 15.6 Å². The molecule has 0 amide bonds. The molecular weight excluding hydrogens is 485 g/mol. The van der Waals surface area contributed by atoms with E-state index in [2.05, 4.69) is 15.4 Å². The summed E-state index contributed by atoms with van der Waals surface area (Å²) in [7, 11) is 1.74. The molecule has 0 aliphatic heterocycles. The highest BCUT2D eigenvalue weighted by atomic mass is 35.5. The molecule has 0 aliphatic carbocycles. The van der Waals surface area contributed by atoms with Gasteiger partial charge in [-0.2, -0.15) is 18.3 Å². The summed E-state index contributed by atoms with van der Waals surface area (Å²) < 4.78 is 76.9. The number of aromatic nitrogens is 4. The minimum atomic E-state index is -4.68. The topological polar surface area (TPSA) is 74.0 Å². The van der Waals surface area contributed by atoms with Crippen LogP contribution in [0.25, 0.3) is 17.1 Å². The Morgan fingerprint density at radius 2 is 1.91 bits per heavy atom.